The predicted molar refractivity (Wildman–Crippen MR) is 72.6 cm³/mol. The molecule has 2 rings (SSSR count). The van der Waals surface area contributed by atoms with Crippen molar-refractivity contribution in [2.45, 2.75) is 19.3 Å². The van der Waals surface area contributed by atoms with Crippen molar-refractivity contribution in [2.75, 3.05) is 30.7 Å². The predicted octanol–water partition coefficient (Wildman–Crippen LogP) is 1.74. The molecule has 98 valence electrons. The maximum Gasteiger partial charge on any atom is 0.241 e. The Kier molecular flexibility index (Phi) is 4.25. The third-order valence-electron chi connectivity index (χ3n) is 3.05. The first kappa shape index (κ1) is 13.0. The molecule has 0 unspecified atom stereocenters. The minimum atomic E-state index is 0.0852. The standard InChI is InChI=1S/C12H17ClN4O/c13-9-6-15-7-10(14)12(9)16-8-11(18)17-4-2-1-3-5-17/h6-7H,1-5,8,14H2,(H,15,16). The van der Waals surface area contributed by atoms with Crippen LogP contribution in [0.25, 0.3) is 0 Å². The molecule has 1 amide bonds. The van der Waals surface area contributed by atoms with E-state index < -0.39 is 0 Å². The van der Waals surface area contributed by atoms with E-state index in [-0.39, 0.29) is 12.5 Å². The number of piperidine rings is 1. The zero-order valence-corrected chi connectivity index (χ0v) is 10.9. The zero-order valence-electron chi connectivity index (χ0n) is 10.2. The highest BCUT2D eigenvalue weighted by Gasteiger charge is 2.16. The Bertz CT molecular complexity index is 412. The van der Waals surface area contributed by atoms with Crippen LogP contribution in [0.2, 0.25) is 5.02 Å². The molecule has 0 saturated carbocycles. The number of nitrogen functional groups attached to an aromatic ring is 1. The van der Waals surface area contributed by atoms with Crippen molar-refractivity contribution in [1.82, 2.24) is 9.88 Å². The van der Waals surface area contributed by atoms with Gasteiger partial charge >= 0.3 is 0 Å². The van der Waals surface area contributed by atoms with E-state index >= 15 is 0 Å². The van der Waals surface area contributed by atoms with E-state index in [4.69, 9.17) is 17.3 Å². The maximum absolute atomic E-state index is 12.0. The molecule has 2 heterocycles. The number of rotatable bonds is 3. The molecule has 0 spiro atoms. The molecule has 0 radical (unpaired) electrons. The summed E-state index contributed by atoms with van der Waals surface area (Å²) in [6, 6.07) is 0. The third kappa shape index (κ3) is 3.04. The number of nitrogens with zero attached hydrogens (tertiary/aromatic N) is 2. The van der Waals surface area contributed by atoms with Gasteiger partial charge in [-0.25, -0.2) is 0 Å². The van der Waals surface area contributed by atoms with Crippen LogP contribution in [0.1, 0.15) is 19.3 Å². The number of pyridine rings is 1. The molecular formula is C12H17ClN4O. The number of amides is 1. The van der Waals surface area contributed by atoms with Gasteiger partial charge in [0, 0.05) is 19.3 Å². The van der Waals surface area contributed by atoms with Crippen molar-refractivity contribution < 1.29 is 4.79 Å². The summed E-state index contributed by atoms with van der Waals surface area (Å²) >= 11 is 5.97. The number of nitrogens with one attached hydrogen (secondary N) is 1. The van der Waals surface area contributed by atoms with Crippen molar-refractivity contribution >= 4 is 28.9 Å². The van der Waals surface area contributed by atoms with Gasteiger partial charge in [0.25, 0.3) is 0 Å². The smallest absolute Gasteiger partial charge is 0.241 e. The minimum absolute atomic E-state index is 0.0852. The number of aromatic nitrogens is 1. The second-order valence-electron chi connectivity index (χ2n) is 4.38. The van der Waals surface area contributed by atoms with Crippen molar-refractivity contribution in [2.24, 2.45) is 0 Å². The summed E-state index contributed by atoms with van der Waals surface area (Å²) in [4.78, 5) is 17.7. The largest absolute Gasteiger partial charge is 0.396 e. The molecule has 1 aliphatic heterocycles. The highest BCUT2D eigenvalue weighted by molar-refractivity contribution is 6.33. The van der Waals surface area contributed by atoms with Gasteiger partial charge in [-0.1, -0.05) is 11.6 Å². The Morgan fingerprint density at radius 1 is 1.39 bits per heavy atom. The fraction of sp³-hybridized carbons (Fsp3) is 0.500. The van der Waals surface area contributed by atoms with Crippen molar-refractivity contribution in [3.05, 3.63) is 17.4 Å². The molecule has 5 nitrogen and oxygen atoms in total. The molecule has 0 aromatic carbocycles. The molecule has 0 atom stereocenters. The summed E-state index contributed by atoms with van der Waals surface area (Å²) < 4.78 is 0. The summed E-state index contributed by atoms with van der Waals surface area (Å²) in [6.07, 6.45) is 6.40. The van der Waals surface area contributed by atoms with E-state index in [9.17, 15) is 4.79 Å². The van der Waals surface area contributed by atoms with Gasteiger partial charge in [0.15, 0.2) is 0 Å². The summed E-state index contributed by atoms with van der Waals surface area (Å²) in [5.74, 6) is 0.0852. The van der Waals surface area contributed by atoms with E-state index in [2.05, 4.69) is 10.3 Å². The van der Waals surface area contributed by atoms with Gasteiger partial charge in [-0.2, -0.15) is 0 Å². The van der Waals surface area contributed by atoms with Crippen molar-refractivity contribution in [3.63, 3.8) is 0 Å². The average molecular weight is 269 g/mol. The number of halogens is 1. The molecular weight excluding hydrogens is 252 g/mol. The fourth-order valence-corrected chi connectivity index (χ4v) is 2.29. The van der Waals surface area contributed by atoms with E-state index in [0.29, 0.717) is 16.4 Å². The van der Waals surface area contributed by atoms with Crippen LogP contribution >= 0.6 is 11.6 Å². The van der Waals surface area contributed by atoms with Gasteiger partial charge < -0.3 is 16.0 Å². The lowest BCUT2D eigenvalue weighted by Crippen LogP contribution is -2.39. The second kappa shape index (κ2) is 5.91. The SMILES string of the molecule is Nc1cncc(Cl)c1NCC(=O)N1CCCCC1. The van der Waals surface area contributed by atoms with Crippen molar-refractivity contribution in [3.8, 4) is 0 Å². The van der Waals surface area contributed by atoms with E-state index in [1.807, 2.05) is 4.90 Å². The number of nitrogens with two attached hydrogens (primary N) is 1. The van der Waals surface area contributed by atoms with Crippen LogP contribution in [0, 0.1) is 0 Å². The van der Waals surface area contributed by atoms with Gasteiger partial charge in [0.05, 0.1) is 29.1 Å². The molecule has 1 aromatic heterocycles. The average Bonchev–Trinajstić information content (AvgIpc) is 2.39. The van der Waals surface area contributed by atoms with Gasteiger partial charge in [-0.3, -0.25) is 9.78 Å². The van der Waals surface area contributed by atoms with Gasteiger partial charge in [0.1, 0.15) is 0 Å². The molecule has 0 bridgehead atoms. The number of carbonyl (C=O) groups is 1. The first-order valence-corrected chi connectivity index (χ1v) is 6.47. The lowest BCUT2D eigenvalue weighted by atomic mass is 10.1. The Labute approximate surface area is 111 Å². The van der Waals surface area contributed by atoms with Gasteiger partial charge in [0.2, 0.25) is 5.91 Å². The molecule has 0 aliphatic carbocycles. The number of hydrogen-bond donors (Lipinski definition) is 2. The molecule has 3 N–H and O–H groups in total. The van der Waals surface area contributed by atoms with E-state index in [1.54, 1.807) is 0 Å². The van der Waals surface area contributed by atoms with Crippen LogP contribution in [-0.2, 0) is 4.79 Å². The summed E-state index contributed by atoms with van der Waals surface area (Å²) in [6.45, 7) is 1.91. The fourth-order valence-electron chi connectivity index (χ4n) is 2.06. The molecule has 1 aliphatic rings. The summed E-state index contributed by atoms with van der Waals surface area (Å²) in [5.41, 5.74) is 6.79. The summed E-state index contributed by atoms with van der Waals surface area (Å²) in [5, 5.41) is 3.42. The zero-order chi connectivity index (χ0) is 13.0. The minimum Gasteiger partial charge on any atom is -0.396 e. The third-order valence-corrected chi connectivity index (χ3v) is 3.34. The Morgan fingerprint density at radius 3 is 2.78 bits per heavy atom. The Morgan fingerprint density at radius 2 is 2.11 bits per heavy atom. The number of carbonyl (C=O) groups excluding carboxylic acids is 1. The lowest BCUT2D eigenvalue weighted by Gasteiger charge is -2.27. The number of hydrogen-bond acceptors (Lipinski definition) is 4. The normalized spacial score (nSPS) is 15.5. The molecule has 6 heteroatoms. The van der Waals surface area contributed by atoms with Crippen LogP contribution in [0.4, 0.5) is 11.4 Å². The van der Waals surface area contributed by atoms with Crippen LogP contribution in [0.5, 0.6) is 0 Å². The van der Waals surface area contributed by atoms with Crippen LogP contribution in [0.15, 0.2) is 12.4 Å². The van der Waals surface area contributed by atoms with Crippen LogP contribution in [0.3, 0.4) is 0 Å². The molecule has 1 fully saturated rings. The van der Waals surface area contributed by atoms with Crippen LogP contribution < -0.4 is 11.1 Å². The highest BCUT2D eigenvalue weighted by atomic mass is 35.5. The first-order valence-electron chi connectivity index (χ1n) is 6.09. The quantitative estimate of drug-likeness (QED) is 0.876. The van der Waals surface area contributed by atoms with Crippen LogP contribution in [-0.4, -0.2) is 35.4 Å². The number of anilines is 2. The van der Waals surface area contributed by atoms with Crippen molar-refractivity contribution in [1.29, 1.82) is 0 Å². The Balaban J connectivity index is 1.92. The lowest BCUT2D eigenvalue weighted by molar-refractivity contribution is -0.130. The monoisotopic (exact) mass is 268 g/mol. The van der Waals surface area contributed by atoms with Gasteiger partial charge in [-0.15, -0.1) is 0 Å². The van der Waals surface area contributed by atoms with Gasteiger partial charge in [-0.05, 0) is 19.3 Å². The first-order chi connectivity index (χ1) is 8.68. The Hall–Kier alpha value is -1.49. The number of likely N-dealkylation sites (tertiary alicyclic amines) is 1. The molecule has 1 saturated heterocycles. The van der Waals surface area contributed by atoms with E-state index in [0.717, 1.165) is 25.9 Å². The topological polar surface area (TPSA) is 71.2 Å². The highest BCUT2D eigenvalue weighted by Crippen LogP contribution is 2.26. The maximum atomic E-state index is 12.0. The summed E-state index contributed by atoms with van der Waals surface area (Å²) in [7, 11) is 0. The molecule has 18 heavy (non-hydrogen) atoms. The van der Waals surface area contributed by atoms with E-state index in [1.165, 1.54) is 18.8 Å². The second-order valence-corrected chi connectivity index (χ2v) is 4.79. The molecule has 1 aromatic rings.